The van der Waals surface area contributed by atoms with E-state index in [9.17, 15) is 0 Å². The average Bonchev–Trinajstić information content (AvgIpc) is 2.93. The summed E-state index contributed by atoms with van der Waals surface area (Å²) in [5, 5.41) is 0. The van der Waals surface area contributed by atoms with E-state index in [1.54, 1.807) is 0 Å². The minimum atomic E-state index is 0.892. The molecule has 0 aliphatic rings. The van der Waals surface area contributed by atoms with Crippen molar-refractivity contribution in [2.45, 2.75) is 79.1 Å². The van der Waals surface area contributed by atoms with Gasteiger partial charge in [-0.05, 0) is 147 Å². The summed E-state index contributed by atoms with van der Waals surface area (Å²) in [6.07, 6.45) is 9.00. The Balaban J connectivity index is 1.18. The summed E-state index contributed by atoms with van der Waals surface area (Å²) in [7, 11) is 0. The van der Waals surface area contributed by atoms with Gasteiger partial charge < -0.3 is 11.5 Å². The van der Waals surface area contributed by atoms with Crippen LogP contribution in [0.25, 0.3) is 0 Å². The number of unbranched alkanes of at least 4 members (excludes halogenated alkanes) is 1. The molecule has 4 N–H and O–H groups in total. The van der Waals surface area contributed by atoms with Gasteiger partial charge in [0.05, 0.1) is 0 Å². The van der Waals surface area contributed by atoms with Crippen LogP contribution in [0.3, 0.4) is 0 Å². The first kappa shape index (κ1) is 27.5. The van der Waals surface area contributed by atoms with Gasteiger partial charge in [-0.2, -0.15) is 0 Å². The third kappa shape index (κ3) is 7.07. The normalized spacial score (nSPS) is 11.2. The van der Waals surface area contributed by atoms with E-state index < -0.39 is 0 Å². The summed E-state index contributed by atoms with van der Waals surface area (Å²) < 4.78 is 0. The van der Waals surface area contributed by atoms with Crippen LogP contribution in [0.1, 0.15) is 68.5 Å². The van der Waals surface area contributed by atoms with Gasteiger partial charge in [-0.3, -0.25) is 0 Å². The molecule has 0 fully saturated rings. The molecule has 0 unspecified atom stereocenters. The van der Waals surface area contributed by atoms with Crippen LogP contribution in [0.15, 0.2) is 72.8 Å². The van der Waals surface area contributed by atoms with Crippen molar-refractivity contribution in [3.8, 4) is 0 Å². The number of rotatable bonds is 11. The lowest BCUT2D eigenvalue weighted by Crippen LogP contribution is -1.99. The predicted octanol–water partition coefficient (Wildman–Crippen LogP) is 8.22. The standard InChI is InChI=1S/C36H44N2/c1-25-27(3)35(37)23-21-33(25)19-17-31-13-9-29(10-14-31)7-5-6-8-30-11-15-32(16-12-30)18-20-34-22-24-36(38)28(4)26(34)2/h9-16,21-24H,5-8,17-20,37-38H2,1-4H3. The van der Waals surface area contributed by atoms with E-state index in [0.717, 1.165) is 49.9 Å². The first-order valence-electron chi connectivity index (χ1n) is 14.2. The molecule has 4 aromatic carbocycles. The van der Waals surface area contributed by atoms with E-state index in [2.05, 4.69) is 88.4 Å². The second-order valence-corrected chi connectivity index (χ2v) is 11.0. The van der Waals surface area contributed by atoms with Gasteiger partial charge in [-0.15, -0.1) is 0 Å². The minimum absolute atomic E-state index is 0.892. The average molecular weight is 505 g/mol. The molecule has 0 radical (unpaired) electrons. The number of aryl methyl sites for hydroxylation is 6. The molecule has 0 atom stereocenters. The van der Waals surface area contributed by atoms with Crippen molar-refractivity contribution in [3.05, 3.63) is 128 Å². The van der Waals surface area contributed by atoms with Gasteiger partial charge in [0.15, 0.2) is 0 Å². The molecule has 0 heterocycles. The van der Waals surface area contributed by atoms with Gasteiger partial charge in [0.1, 0.15) is 0 Å². The topological polar surface area (TPSA) is 52.0 Å². The zero-order valence-corrected chi connectivity index (χ0v) is 23.7. The van der Waals surface area contributed by atoms with E-state index in [4.69, 9.17) is 11.5 Å². The van der Waals surface area contributed by atoms with E-state index in [-0.39, 0.29) is 0 Å². The van der Waals surface area contributed by atoms with Crippen LogP contribution in [0.5, 0.6) is 0 Å². The Hall–Kier alpha value is -3.52. The Kier molecular flexibility index (Phi) is 9.29. The van der Waals surface area contributed by atoms with E-state index in [1.807, 2.05) is 12.1 Å². The zero-order chi connectivity index (χ0) is 27.1. The molecule has 198 valence electrons. The number of nitrogens with two attached hydrogens (primary N) is 2. The van der Waals surface area contributed by atoms with Crippen LogP contribution in [0, 0.1) is 27.7 Å². The summed E-state index contributed by atoms with van der Waals surface area (Å²) >= 11 is 0. The largest absolute Gasteiger partial charge is 0.399 e. The van der Waals surface area contributed by atoms with Crippen LogP contribution in [0.2, 0.25) is 0 Å². The van der Waals surface area contributed by atoms with Crippen LogP contribution in [0.4, 0.5) is 11.4 Å². The van der Waals surface area contributed by atoms with Crippen molar-refractivity contribution in [2.24, 2.45) is 0 Å². The maximum absolute atomic E-state index is 6.04. The molecule has 0 aliphatic heterocycles. The second kappa shape index (κ2) is 12.8. The summed E-state index contributed by atoms with van der Waals surface area (Å²) in [6.45, 7) is 8.60. The molecule has 2 nitrogen and oxygen atoms in total. The van der Waals surface area contributed by atoms with Gasteiger partial charge in [0, 0.05) is 11.4 Å². The zero-order valence-electron chi connectivity index (χ0n) is 23.7. The van der Waals surface area contributed by atoms with Crippen LogP contribution in [-0.4, -0.2) is 0 Å². The fourth-order valence-electron chi connectivity index (χ4n) is 5.30. The number of nitrogen functional groups attached to an aromatic ring is 2. The van der Waals surface area contributed by atoms with Crippen molar-refractivity contribution in [3.63, 3.8) is 0 Å². The molecular weight excluding hydrogens is 460 g/mol. The number of hydrogen-bond acceptors (Lipinski definition) is 2. The lowest BCUT2D eigenvalue weighted by molar-refractivity contribution is 0.733. The van der Waals surface area contributed by atoms with Gasteiger partial charge in [0.2, 0.25) is 0 Å². The van der Waals surface area contributed by atoms with Crippen molar-refractivity contribution < 1.29 is 0 Å². The molecule has 4 rings (SSSR count). The molecule has 4 aromatic rings. The van der Waals surface area contributed by atoms with Crippen molar-refractivity contribution in [1.29, 1.82) is 0 Å². The molecule has 0 bridgehead atoms. The predicted molar refractivity (Wildman–Crippen MR) is 165 cm³/mol. The highest BCUT2D eigenvalue weighted by molar-refractivity contribution is 5.53. The van der Waals surface area contributed by atoms with Gasteiger partial charge in [0.25, 0.3) is 0 Å². The second-order valence-electron chi connectivity index (χ2n) is 11.0. The Labute approximate surface area is 230 Å². The smallest absolute Gasteiger partial charge is 0.0346 e. The lowest BCUT2D eigenvalue weighted by atomic mass is 9.95. The Morgan fingerprint density at radius 3 is 1.03 bits per heavy atom. The molecule has 0 amide bonds. The summed E-state index contributed by atoms with van der Waals surface area (Å²) in [4.78, 5) is 0. The molecule has 38 heavy (non-hydrogen) atoms. The lowest BCUT2D eigenvalue weighted by Gasteiger charge is -2.11. The molecule has 0 spiro atoms. The SMILES string of the molecule is Cc1c(N)ccc(CCc2ccc(CCCCc3ccc(CCc4ccc(N)c(C)c4C)cc3)cc2)c1C. The molecule has 0 saturated heterocycles. The third-order valence-corrected chi connectivity index (χ3v) is 8.48. The molecular formula is C36H44N2. The van der Waals surface area contributed by atoms with E-state index >= 15 is 0 Å². The fraction of sp³-hybridized carbons (Fsp3) is 0.333. The highest BCUT2D eigenvalue weighted by Gasteiger charge is 2.06. The summed E-state index contributed by atoms with van der Waals surface area (Å²) in [6, 6.07) is 26.9. The van der Waals surface area contributed by atoms with Crippen LogP contribution < -0.4 is 11.5 Å². The van der Waals surface area contributed by atoms with Gasteiger partial charge in [-0.1, -0.05) is 60.7 Å². The number of anilines is 2. The fourth-order valence-corrected chi connectivity index (χ4v) is 5.30. The first-order valence-corrected chi connectivity index (χ1v) is 14.2. The van der Waals surface area contributed by atoms with Crippen molar-refractivity contribution >= 4 is 11.4 Å². The number of benzene rings is 4. The van der Waals surface area contributed by atoms with E-state index in [0.29, 0.717) is 0 Å². The quantitative estimate of drug-likeness (QED) is 0.160. The third-order valence-electron chi connectivity index (χ3n) is 8.48. The summed E-state index contributed by atoms with van der Waals surface area (Å²) in [5.74, 6) is 0. The highest BCUT2D eigenvalue weighted by atomic mass is 14.6. The monoisotopic (exact) mass is 504 g/mol. The molecule has 0 aromatic heterocycles. The first-order chi connectivity index (χ1) is 18.3. The highest BCUT2D eigenvalue weighted by Crippen LogP contribution is 2.22. The van der Waals surface area contributed by atoms with Crippen molar-refractivity contribution in [1.82, 2.24) is 0 Å². The maximum Gasteiger partial charge on any atom is 0.0346 e. The Bertz CT molecular complexity index is 1240. The van der Waals surface area contributed by atoms with E-state index in [1.165, 1.54) is 68.5 Å². The van der Waals surface area contributed by atoms with Crippen molar-refractivity contribution in [2.75, 3.05) is 11.5 Å². The maximum atomic E-state index is 6.04. The summed E-state index contributed by atoms with van der Waals surface area (Å²) in [5.41, 5.74) is 27.5. The number of hydrogen-bond donors (Lipinski definition) is 2. The minimum Gasteiger partial charge on any atom is -0.399 e. The molecule has 2 heteroatoms. The Morgan fingerprint density at radius 2 is 0.684 bits per heavy atom. The van der Waals surface area contributed by atoms with Crippen LogP contribution in [-0.2, 0) is 38.5 Å². The molecule has 0 saturated carbocycles. The molecule has 0 aliphatic carbocycles. The Morgan fingerprint density at radius 1 is 0.368 bits per heavy atom. The van der Waals surface area contributed by atoms with Gasteiger partial charge >= 0.3 is 0 Å². The van der Waals surface area contributed by atoms with Gasteiger partial charge in [-0.25, -0.2) is 0 Å². The van der Waals surface area contributed by atoms with Crippen LogP contribution >= 0.6 is 0 Å².